The van der Waals surface area contributed by atoms with Crippen LogP contribution in [0.15, 0.2) is 5.38 Å². The lowest BCUT2D eigenvalue weighted by molar-refractivity contribution is -0.125. The minimum Gasteiger partial charge on any atom is -0.299 e. The number of carbonyl (C=O) groups is 1. The number of thiazole rings is 1. The number of aryl methyl sites for hydroxylation is 1. The maximum atomic E-state index is 11.7. The summed E-state index contributed by atoms with van der Waals surface area (Å²) >= 11 is 1.68. The van der Waals surface area contributed by atoms with Crippen molar-refractivity contribution in [1.82, 2.24) is 4.98 Å². The van der Waals surface area contributed by atoms with Gasteiger partial charge >= 0.3 is 0 Å². The normalized spacial score (nSPS) is 26.9. The zero-order chi connectivity index (χ0) is 10.8. The van der Waals surface area contributed by atoms with Crippen LogP contribution in [0.2, 0.25) is 0 Å². The summed E-state index contributed by atoms with van der Waals surface area (Å²) in [5.41, 5.74) is 1.08. The van der Waals surface area contributed by atoms with E-state index < -0.39 is 0 Å². The van der Waals surface area contributed by atoms with Crippen molar-refractivity contribution >= 4 is 17.1 Å². The lowest BCUT2D eigenvalue weighted by Crippen LogP contribution is -2.25. The first-order valence-corrected chi connectivity index (χ1v) is 6.47. The lowest BCUT2D eigenvalue weighted by atomic mass is 9.80. The molecule has 15 heavy (non-hydrogen) atoms. The zero-order valence-corrected chi connectivity index (χ0v) is 10.1. The van der Waals surface area contributed by atoms with E-state index in [0.717, 1.165) is 36.4 Å². The third-order valence-corrected chi connectivity index (χ3v) is 4.10. The van der Waals surface area contributed by atoms with Crippen LogP contribution in [0.3, 0.4) is 0 Å². The molecule has 82 valence electrons. The number of carbonyl (C=O) groups excluding carboxylic acids is 1. The van der Waals surface area contributed by atoms with E-state index in [2.05, 4.69) is 17.3 Å². The second-order valence-corrected chi connectivity index (χ2v) is 5.57. The van der Waals surface area contributed by atoms with E-state index in [9.17, 15) is 4.79 Å². The molecule has 2 nitrogen and oxygen atoms in total. The first kappa shape index (κ1) is 10.8. The number of nitrogens with zero attached hydrogens (tertiary/aromatic N) is 1. The van der Waals surface area contributed by atoms with Crippen LogP contribution >= 0.6 is 11.3 Å². The Balaban J connectivity index is 2.01. The standard InChI is InChI=1S/C12H17NOS/c1-8-3-4-11(14)10(5-8)6-12-13-9(2)7-15-12/h7-8,10H,3-6H2,1-2H3. The molecule has 1 saturated carbocycles. The second-order valence-electron chi connectivity index (χ2n) is 4.63. The number of rotatable bonds is 2. The van der Waals surface area contributed by atoms with Gasteiger partial charge in [-0.2, -0.15) is 0 Å². The number of hydrogen-bond donors (Lipinski definition) is 0. The van der Waals surface area contributed by atoms with Gasteiger partial charge in [0.15, 0.2) is 0 Å². The highest BCUT2D eigenvalue weighted by molar-refractivity contribution is 7.09. The second kappa shape index (κ2) is 4.44. The lowest BCUT2D eigenvalue weighted by Gasteiger charge is -2.24. The van der Waals surface area contributed by atoms with E-state index in [0.29, 0.717) is 11.7 Å². The highest BCUT2D eigenvalue weighted by atomic mass is 32.1. The van der Waals surface area contributed by atoms with Crippen LogP contribution in [0.25, 0.3) is 0 Å². The van der Waals surface area contributed by atoms with Gasteiger partial charge in [0, 0.05) is 29.8 Å². The molecular formula is C12H17NOS. The Morgan fingerprint density at radius 1 is 1.60 bits per heavy atom. The summed E-state index contributed by atoms with van der Waals surface area (Å²) < 4.78 is 0. The largest absolute Gasteiger partial charge is 0.299 e. The van der Waals surface area contributed by atoms with Crippen molar-refractivity contribution < 1.29 is 4.79 Å². The third kappa shape index (κ3) is 2.65. The molecule has 2 rings (SSSR count). The number of aromatic nitrogens is 1. The van der Waals surface area contributed by atoms with Crippen molar-refractivity contribution in [3.05, 3.63) is 16.1 Å². The topological polar surface area (TPSA) is 30.0 Å². The van der Waals surface area contributed by atoms with Gasteiger partial charge in [-0.15, -0.1) is 11.3 Å². The van der Waals surface area contributed by atoms with Crippen molar-refractivity contribution in [2.75, 3.05) is 0 Å². The quantitative estimate of drug-likeness (QED) is 0.771. The molecule has 1 aliphatic rings. The van der Waals surface area contributed by atoms with Gasteiger partial charge in [-0.3, -0.25) is 4.79 Å². The van der Waals surface area contributed by atoms with E-state index in [1.807, 2.05) is 6.92 Å². The van der Waals surface area contributed by atoms with Crippen LogP contribution in [0, 0.1) is 18.8 Å². The maximum Gasteiger partial charge on any atom is 0.136 e. The summed E-state index contributed by atoms with van der Waals surface area (Å²) in [7, 11) is 0. The van der Waals surface area contributed by atoms with Gasteiger partial charge in [0.1, 0.15) is 5.78 Å². The van der Waals surface area contributed by atoms with Crippen LogP contribution in [0.1, 0.15) is 36.9 Å². The molecule has 0 bridgehead atoms. The van der Waals surface area contributed by atoms with E-state index in [1.165, 1.54) is 0 Å². The van der Waals surface area contributed by atoms with Crippen LogP contribution < -0.4 is 0 Å². The Hall–Kier alpha value is -0.700. The maximum absolute atomic E-state index is 11.7. The molecule has 0 aromatic carbocycles. The van der Waals surface area contributed by atoms with Crippen molar-refractivity contribution in [3.8, 4) is 0 Å². The molecule has 1 fully saturated rings. The van der Waals surface area contributed by atoms with E-state index in [1.54, 1.807) is 11.3 Å². The van der Waals surface area contributed by atoms with Crippen LogP contribution in [0.4, 0.5) is 0 Å². The predicted molar refractivity (Wildman–Crippen MR) is 62.1 cm³/mol. The molecule has 0 aliphatic heterocycles. The molecule has 0 amide bonds. The van der Waals surface area contributed by atoms with E-state index in [4.69, 9.17) is 0 Å². The SMILES string of the molecule is Cc1csc(CC2CC(C)CCC2=O)n1. The van der Waals surface area contributed by atoms with Gasteiger partial charge in [0.2, 0.25) is 0 Å². The van der Waals surface area contributed by atoms with Crippen molar-refractivity contribution in [1.29, 1.82) is 0 Å². The number of hydrogen-bond acceptors (Lipinski definition) is 3. The van der Waals surface area contributed by atoms with Gasteiger partial charge in [-0.05, 0) is 25.7 Å². The predicted octanol–water partition coefficient (Wildman–Crippen LogP) is 3.00. The average Bonchev–Trinajstić information content (AvgIpc) is 2.58. The average molecular weight is 223 g/mol. The molecule has 3 heteroatoms. The molecule has 0 N–H and O–H groups in total. The van der Waals surface area contributed by atoms with Crippen LogP contribution in [0.5, 0.6) is 0 Å². The van der Waals surface area contributed by atoms with Crippen molar-refractivity contribution in [2.24, 2.45) is 11.8 Å². The Morgan fingerprint density at radius 3 is 3.07 bits per heavy atom. The summed E-state index contributed by atoms with van der Waals surface area (Å²) in [4.78, 5) is 16.2. The van der Waals surface area contributed by atoms with Gasteiger partial charge in [0.05, 0.1) is 5.01 Å². The Bertz CT molecular complexity index is 358. The fourth-order valence-electron chi connectivity index (χ4n) is 2.23. The fraction of sp³-hybridized carbons (Fsp3) is 0.667. The van der Waals surface area contributed by atoms with Gasteiger partial charge < -0.3 is 0 Å². The van der Waals surface area contributed by atoms with E-state index in [-0.39, 0.29) is 5.92 Å². The molecule has 1 aliphatic carbocycles. The minimum atomic E-state index is 0.235. The first-order chi connectivity index (χ1) is 7.15. The van der Waals surface area contributed by atoms with Gasteiger partial charge in [-0.25, -0.2) is 4.98 Å². The zero-order valence-electron chi connectivity index (χ0n) is 9.32. The summed E-state index contributed by atoms with van der Waals surface area (Å²) in [5, 5.41) is 3.19. The molecule has 0 spiro atoms. The molecule has 0 saturated heterocycles. The smallest absolute Gasteiger partial charge is 0.136 e. The Morgan fingerprint density at radius 2 is 2.40 bits per heavy atom. The monoisotopic (exact) mass is 223 g/mol. The fourth-order valence-corrected chi connectivity index (χ4v) is 3.09. The molecular weight excluding hydrogens is 206 g/mol. The molecule has 1 aromatic rings. The van der Waals surface area contributed by atoms with Crippen LogP contribution in [-0.4, -0.2) is 10.8 Å². The van der Waals surface area contributed by atoms with Crippen LogP contribution in [-0.2, 0) is 11.2 Å². The van der Waals surface area contributed by atoms with Gasteiger partial charge in [-0.1, -0.05) is 6.92 Å². The third-order valence-electron chi connectivity index (χ3n) is 3.11. The Kier molecular flexibility index (Phi) is 3.19. The van der Waals surface area contributed by atoms with Crippen molar-refractivity contribution in [2.45, 2.75) is 39.5 Å². The Labute approximate surface area is 94.7 Å². The summed E-state index contributed by atoms with van der Waals surface area (Å²) in [6, 6.07) is 0. The van der Waals surface area contributed by atoms with E-state index >= 15 is 0 Å². The summed E-state index contributed by atoms with van der Waals surface area (Å²) in [5.74, 6) is 1.38. The van der Waals surface area contributed by atoms with Crippen molar-refractivity contribution in [3.63, 3.8) is 0 Å². The van der Waals surface area contributed by atoms with Gasteiger partial charge in [0.25, 0.3) is 0 Å². The summed E-state index contributed by atoms with van der Waals surface area (Å²) in [6.45, 7) is 4.25. The highest BCUT2D eigenvalue weighted by Gasteiger charge is 2.27. The molecule has 0 radical (unpaired) electrons. The molecule has 1 aromatic heterocycles. The number of ketones is 1. The highest BCUT2D eigenvalue weighted by Crippen LogP contribution is 2.29. The number of Topliss-reactive ketones (excluding diaryl/α,β-unsaturated/α-hetero) is 1. The molecule has 2 atom stereocenters. The molecule has 1 heterocycles. The summed E-state index contributed by atoms with van der Waals surface area (Å²) in [6.07, 6.45) is 3.77. The first-order valence-electron chi connectivity index (χ1n) is 5.59. The molecule has 2 unspecified atom stereocenters. The minimum absolute atomic E-state index is 0.235.